The van der Waals surface area contributed by atoms with E-state index in [0.29, 0.717) is 5.76 Å². The second-order valence-electron chi connectivity index (χ2n) is 3.38. The van der Waals surface area contributed by atoms with E-state index in [1.165, 1.54) is 0 Å². The maximum atomic E-state index is 11.5. The van der Waals surface area contributed by atoms with E-state index in [0.717, 1.165) is 5.56 Å². The number of hydrogen-bond acceptors (Lipinski definition) is 4. The van der Waals surface area contributed by atoms with Crippen molar-refractivity contribution < 1.29 is 14.1 Å². The van der Waals surface area contributed by atoms with Crippen molar-refractivity contribution in [1.82, 2.24) is 5.16 Å². The van der Waals surface area contributed by atoms with E-state index < -0.39 is 5.97 Å². The minimum absolute atomic E-state index is 0.202. The molecule has 0 spiro atoms. The van der Waals surface area contributed by atoms with Crippen LogP contribution in [0.1, 0.15) is 21.8 Å². The Kier molecular flexibility index (Phi) is 3.00. The molecule has 0 amide bonds. The van der Waals surface area contributed by atoms with Gasteiger partial charge in [-0.1, -0.05) is 35.5 Å². The molecular formula is C12H11NO3. The Labute approximate surface area is 92.8 Å². The van der Waals surface area contributed by atoms with Crippen molar-refractivity contribution in [2.45, 2.75) is 13.5 Å². The lowest BCUT2D eigenvalue weighted by molar-refractivity contribution is 0.0461. The van der Waals surface area contributed by atoms with Crippen molar-refractivity contribution >= 4 is 5.97 Å². The Balaban J connectivity index is 1.94. The highest BCUT2D eigenvalue weighted by Gasteiger charge is 2.12. The summed E-state index contributed by atoms with van der Waals surface area (Å²) < 4.78 is 9.85. The van der Waals surface area contributed by atoms with Gasteiger partial charge in [0, 0.05) is 6.07 Å². The van der Waals surface area contributed by atoms with Crippen molar-refractivity contribution in [3.8, 4) is 0 Å². The van der Waals surface area contributed by atoms with Crippen molar-refractivity contribution in [3.05, 3.63) is 53.4 Å². The van der Waals surface area contributed by atoms with Crippen LogP contribution in [0.25, 0.3) is 0 Å². The molecule has 2 rings (SSSR count). The maximum absolute atomic E-state index is 11.5. The van der Waals surface area contributed by atoms with Gasteiger partial charge in [-0.3, -0.25) is 0 Å². The lowest BCUT2D eigenvalue weighted by Gasteiger charge is -2.01. The van der Waals surface area contributed by atoms with Gasteiger partial charge in [-0.25, -0.2) is 4.79 Å². The molecule has 82 valence electrons. The summed E-state index contributed by atoms with van der Waals surface area (Å²) in [6.45, 7) is 1.96. The molecule has 0 saturated heterocycles. The molecule has 0 N–H and O–H groups in total. The summed E-state index contributed by atoms with van der Waals surface area (Å²) >= 11 is 0. The number of rotatable bonds is 3. The summed E-state index contributed by atoms with van der Waals surface area (Å²) in [5, 5.41) is 3.58. The summed E-state index contributed by atoms with van der Waals surface area (Å²) in [6.07, 6.45) is 0. The van der Waals surface area contributed by atoms with E-state index in [-0.39, 0.29) is 12.3 Å². The van der Waals surface area contributed by atoms with Gasteiger partial charge in [0.05, 0.1) is 0 Å². The molecule has 1 aromatic heterocycles. The van der Waals surface area contributed by atoms with Gasteiger partial charge < -0.3 is 9.26 Å². The first-order chi connectivity index (χ1) is 7.75. The maximum Gasteiger partial charge on any atom is 0.360 e. The van der Waals surface area contributed by atoms with Crippen molar-refractivity contribution in [2.24, 2.45) is 0 Å². The Morgan fingerprint density at radius 1 is 1.38 bits per heavy atom. The number of hydrogen-bond donors (Lipinski definition) is 0. The van der Waals surface area contributed by atoms with Gasteiger partial charge in [0.15, 0.2) is 5.69 Å². The third-order valence-corrected chi connectivity index (χ3v) is 2.05. The van der Waals surface area contributed by atoms with Gasteiger partial charge >= 0.3 is 5.97 Å². The molecule has 0 aliphatic rings. The third-order valence-electron chi connectivity index (χ3n) is 2.05. The highest BCUT2D eigenvalue weighted by Crippen LogP contribution is 2.06. The molecule has 0 radical (unpaired) electrons. The molecule has 0 saturated carbocycles. The zero-order valence-corrected chi connectivity index (χ0v) is 8.84. The molecule has 0 aliphatic heterocycles. The number of nitrogens with zero attached hydrogens (tertiary/aromatic N) is 1. The summed E-state index contributed by atoms with van der Waals surface area (Å²) in [4.78, 5) is 11.5. The Morgan fingerprint density at radius 2 is 2.12 bits per heavy atom. The van der Waals surface area contributed by atoms with Gasteiger partial charge in [-0.15, -0.1) is 0 Å². The highest BCUT2D eigenvalue weighted by atomic mass is 16.5. The van der Waals surface area contributed by atoms with Crippen LogP contribution in [0.2, 0.25) is 0 Å². The molecule has 4 nitrogen and oxygen atoms in total. The van der Waals surface area contributed by atoms with Crippen LogP contribution < -0.4 is 0 Å². The molecule has 1 aromatic carbocycles. The summed E-state index contributed by atoms with van der Waals surface area (Å²) in [5.41, 5.74) is 1.14. The lowest BCUT2D eigenvalue weighted by Crippen LogP contribution is -2.05. The fraction of sp³-hybridized carbons (Fsp3) is 0.167. The molecule has 0 unspecified atom stereocenters. The van der Waals surface area contributed by atoms with Crippen LogP contribution in [0.3, 0.4) is 0 Å². The van der Waals surface area contributed by atoms with Crippen molar-refractivity contribution in [3.63, 3.8) is 0 Å². The van der Waals surface area contributed by atoms with Crippen molar-refractivity contribution in [2.75, 3.05) is 0 Å². The van der Waals surface area contributed by atoms with Crippen LogP contribution in [0.4, 0.5) is 0 Å². The zero-order chi connectivity index (χ0) is 11.4. The predicted octanol–water partition coefficient (Wildman–Crippen LogP) is 2.34. The molecule has 4 heteroatoms. The van der Waals surface area contributed by atoms with E-state index in [9.17, 15) is 4.79 Å². The molecule has 0 atom stereocenters. The van der Waals surface area contributed by atoms with Crippen LogP contribution in [0.15, 0.2) is 40.9 Å². The van der Waals surface area contributed by atoms with E-state index in [1.54, 1.807) is 13.0 Å². The lowest BCUT2D eigenvalue weighted by atomic mass is 10.2. The average molecular weight is 217 g/mol. The first-order valence-corrected chi connectivity index (χ1v) is 4.90. The SMILES string of the molecule is Cc1cc(C(=O)OCc2ccccc2)no1. The highest BCUT2D eigenvalue weighted by molar-refractivity contribution is 5.87. The van der Waals surface area contributed by atoms with Gasteiger partial charge in [-0.05, 0) is 12.5 Å². The molecule has 0 fully saturated rings. The van der Waals surface area contributed by atoms with E-state index in [1.807, 2.05) is 30.3 Å². The summed E-state index contributed by atoms with van der Waals surface area (Å²) in [7, 11) is 0. The first-order valence-electron chi connectivity index (χ1n) is 4.90. The number of ether oxygens (including phenoxy) is 1. The van der Waals surface area contributed by atoms with E-state index in [2.05, 4.69) is 5.16 Å². The number of aromatic nitrogens is 1. The van der Waals surface area contributed by atoms with Crippen LogP contribution in [0.5, 0.6) is 0 Å². The van der Waals surface area contributed by atoms with Gasteiger partial charge in [-0.2, -0.15) is 0 Å². The predicted molar refractivity (Wildman–Crippen MR) is 56.8 cm³/mol. The Bertz CT molecular complexity index is 476. The monoisotopic (exact) mass is 217 g/mol. The fourth-order valence-electron chi connectivity index (χ4n) is 1.26. The van der Waals surface area contributed by atoms with Crippen LogP contribution in [0, 0.1) is 6.92 Å². The fourth-order valence-corrected chi connectivity index (χ4v) is 1.26. The molecule has 0 aliphatic carbocycles. The summed E-state index contributed by atoms with van der Waals surface area (Å²) in [5.74, 6) is 0.118. The second kappa shape index (κ2) is 4.61. The van der Waals surface area contributed by atoms with Gasteiger partial charge in [0.2, 0.25) is 0 Å². The third kappa shape index (κ3) is 2.48. The molecule has 1 heterocycles. The van der Waals surface area contributed by atoms with Crippen LogP contribution >= 0.6 is 0 Å². The minimum Gasteiger partial charge on any atom is -0.456 e. The van der Waals surface area contributed by atoms with E-state index in [4.69, 9.17) is 9.26 Å². The topological polar surface area (TPSA) is 52.3 Å². The normalized spacial score (nSPS) is 10.1. The molecule has 16 heavy (non-hydrogen) atoms. The Hall–Kier alpha value is -2.10. The largest absolute Gasteiger partial charge is 0.456 e. The number of aryl methyl sites for hydroxylation is 1. The first kappa shape index (κ1) is 10.4. The smallest absolute Gasteiger partial charge is 0.360 e. The Morgan fingerprint density at radius 3 is 2.75 bits per heavy atom. The molecule has 0 bridgehead atoms. The van der Waals surface area contributed by atoms with Crippen LogP contribution in [-0.4, -0.2) is 11.1 Å². The minimum atomic E-state index is -0.472. The molecular weight excluding hydrogens is 206 g/mol. The number of carbonyl (C=O) groups excluding carboxylic acids is 1. The zero-order valence-electron chi connectivity index (χ0n) is 8.84. The quantitative estimate of drug-likeness (QED) is 0.740. The number of carbonyl (C=O) groups is 1. The van der Waals surface area contributed by atoms with Gasteiger partial charge in [0.1, 0.15) is 12.4 Å². The molecule has 2 aromatic rings. The number of esters is 1. The van der Waals surface area contributed by atoms with Crippen LogP contribution in [-0.2, 0) is 11.3 Å². The summed E-state index contributed by atoms with van der Waals surface area (Å²) in [6, 6.07) is 11.0. The number of benzene rings is 1. The van der Waals surface area contributed by atoms with Crippen molar-refractivity contribution in [1.29, 1.82) is 0 Å². The van der Waals surface area contributed by atoms with Gasteiger partial charge in [0.25, 0.3) is 0 Å². The standard InChI is InChI=1S/C12H11NO3/c1-9-7-11(13-16-9)12(14)15-8-10-5-3-2-4-6-10/h2-7H,8H2,1H3. The van der Waals surface area contributed by atoms with E-state index >= 15 is 0 Å². The average Bonchev–Trinajstić information content (AvgIpc) is 2.74. The second-order valence-corrected chi connectivity index (χ2v) is 3.38.